The number of rotatable bonds is 1. The number of hydrogen-bond acceptors (Lipinski definition) is 2. The van der Waals surface area contributed by atoms with E-state index in [4.69, 9.17) is 0 Å². The van der Waals surface area contributed by atoms with E-state index in [1.54, 1.807) is 0 Å². The van der Waals surface area contributed by atoms with Crippen LogP contribution in [0.25, 0.3) is 0 Å². The van der Waals surface area contributed by atoms with E-state index in [1.807, 2.05) is 6.92 Å². The molecule has 0 radical (unpaired) electrons. The molecule has 0 saturated heterocycles. The SMILES string of the molecule is C[C@@]12CC[C@@H]3[C@@](CC[C@H]4[C@@]3(C)CCC[C@@]4(C)C(=O)O)(CC1=O)C2.[Ca+2]. The molecule has 4 fully saturated rings. The van der Waals surface area contributed by atoms with Crippen molar-refractivity contribution in [1.82, 2.24) is 0 Å². The van der Waals surface area contributed by atoms with Crippen molar-refractivity contribution in [1.29, 1.82) is 0 Å². The summed E-state index contributed by atoms with van der Waals surface area (Å²) in [7, 11) is 0. The van der Waals surface area contributed by atoms with Gasteiger partial charge in [-0.3, -0.25) is 9.59 Å². The fraction of sp³-hybridized carbons (Fsp3) is 0.900. The van der Waals surface area contributed by atoms with Gasteiger partial charge in [0.1, 0.15) is 5.78 Å². The Morgan fingerprint density at radius 3 is 2.38 bits per heavy atom. The zero-order valence-electron chi connectivity index (χ0n) is 15.5. The van der Waals surface area contributed by atoms with Crippen LogP contribution in [0.2, 0.25) is 0 Å². The van der Waals surface area contributed by atoms with E-state index in [9.17, 15) is 14.7 Å². The predicted molar refractivity (Wildman–Crippen MR) is 93.7 cm³/mol. The molecule has 4 heteroatoms. The normalized spacial score (nSPS) is 52.9. The Labute approximate surface area is 175 Å². The molecule has 0 unspecified atom stereocenters. The first-order valence-corrected chi connectivity index (χ1v) is 9.43. The third-order valence-corrected chi connectivity index (χ3v) is 8.84. The van der Waals surface area contributed by atoms with Gasteiger partial charge in [0.2, 0.25) is 0 Å². The average Bonchev–Trinajstić information content (AvgIpc) is 2.63. The van der Waals surface area contributed by atoms with E-state index < -0.39 is 11.4 Å². The van der Waals surface area contributed by atoms with Crippen molar-refractivity contribution in [3.8, 4) is 0 Å². The molecular formula is C20H30CaO3+2. The number of fused-ring (bicyclic) bond motifs is 3. The van der Waals surface area contributed by atoms with E-state index in [0.29, 0.717) is 11.7 Å². The average molecular weight is 359 g/mol. The van der Waals surface area contributed by atoms with Gasteiger partial charge >= 0.3 is 43.7 Å². The monoisotopic (exact) mass is 358 g/mol. The second kappa shape index (κ2) is 5.70. The largest absolute Gasteiger partial charge is 2.00 e. The van der Waals surface area contributed by atoms with Crippen LogP contribution in [0, 0.1) is 33.5 Å². The molecule has 0 aliphatic heterocycles. The van der Waals surface area contributed by atoms with E-state index in [2.05, 4.69) is 13.8 Å². The van der Waals surface area contributed by atoms with Gasteiger partial charge in [-0.15, -0.1) is 0 Å². The molecule has 1 spiro atoms. The van der Waals surface area contributed by atoms with Gasteiger partial charge in [-0.1, -0.05) is 20.3 Å². The second-order valence-electron chi connectivity index (χ2n) is 9.96. The fourth-order valence-electron chi connectivity index (χ4n) is 7.76. The Bertz CT molecular complexity index is 589. The molecule has 0 aromatic carbocycles. The van der Waals surface area contributed by atoms with E-state index in [0.717, 1.165) is 57.8 Å². The van der Waals surface area contributed by atoms with Crippen LogP contribution in [0.15, 0.2) is 0 Å². The van der Waals surface area contributed by atoms with E-state index >= 15 is 0 Å². The Kier molecular flexibility index (Phi) is 4.55. The molecule has 0 heterocycles. The fourth-order valence-corrected chi connectivity index (χ4v) is 7.76. The number of carbonyl (C=O) groups is 2. The minimum absolute atomic E-state index is 0. The number of carboxylic acids is 1. The number of carbonyl (C=O) groups excluding carboxylic acids is 1. The number of aliphatic carboxylic acids is 1. The first-order chi connectivity index (χ1) is 10.7. The second-order valence-corrected chi connectivity index (χ2v) is 9.96. The number of ketones is 1. The maximum Gasteiger partial charge on any atom is 2.00 e. The molecule has 2 bridgehead atoms. The first-order valence-electron chi connectivity index (χ1n) is 9.43. The standard InChI is InChI=1S/C20H30O3.Ca/c1-17-9-5-14-18(2)7-4-8-19(3,16(22)23)13(18)6-10-20(14,12-17)11-15(17)21;/h13-14H,4-12H2,1-3H3,(H,22,23);/q;+2/t13-,14-,17-,18+,19+,20-;/m0./s1. The van der Waals surface area contributed by atoms with Crippen molar-refractivity contribution in [2.24, 2.45) is 33.5 Å². The number of hydrogen-bond donors (Lipinski definition) is 1. The van der Waals surface area contributed by atoms with Gasteiger partial charge < -0.3 is 5.11 Å². The molecule has 24 heavy (non-hydrogen) atoms. The summed E-state index contributed by atoms with van der Waals surface area (Å²) in [4.78, 5) is 24.7. The van der Waals surface area contributed by atoms with Gasteiger partial charge in [-0.2, -0.15) is 0 Å². The van der Waals surface area contributed by atoms with Gasteiger partial charge in [0.15, 0.2) is 0 Å². The van der Waals surface area contributed by atoms with Gasteiger partial charge in [0, 0.05) is 11.8 Å². The third-order valence-electron chi connectivity index (χ3n) is 8.84. The Balaban J connectivity index is 0.00000169. The summed E-state index contributed by atoms with van der Waals surface area (Å²) in [5.41, 5.74) is -0.357. The van der Waals surface area contributed by atoms with Crippen LogP contribution in [0.1, 0.15) is 78.6 Å². The molecule has 4 rings (SSSR count). The molecule has 0 amide bonds. The van der Waals surface area contributed by atoms with E-state index in [1.165, 1.54) is 0 Å². The molecule has 128 valence electrons. The summed E-state index contributed by atoms with van der Waals surface area (Å²) >= 11 is 0. The van der Waals surface area contributed by atoms with Gasteiger partial charge in [-0.05, 0) is 74.5 Å². The Morgan fingerprint density at radius 2 is 1.71 bits per heavy atom. The summed E-state index contributed by atoms with van der Waals surface area (Å²) in [6.07, 6.45) is 9.04. The number of Topliss-reactive ketones (excluding diaryl/α,β-unsaturated/α-hetero) is 1. The Hall–Kier alpha value is 0.400. The molecule has 4 aliphatic carbocycles. The van der Waals surface area contributed by atoms with Crippen LogP contribution in [-0.2, 0) is 9.59 Å². The molecule has 4 aliphatic rings. The third kappa shape index (κ3) is 2.26. The van der Waals surface area contributed by atoms with Crippen molar-refractivity contribution in [2.75, 3.05) is 0 Å². The molecule has 0 aromatic rings. The molecule has 6 atom stereocenters. The minimum Gasteiger partial charge on any atom is -0.481 e. The van der Waals surface area contributed by atoms with Crippen LogP contribution >= 0.6 is 0 Å². The van der Waals surface area contributed by atoms with Crippen molar-refractivity contribution < 1.29 is 14.7 Å². The topological polar surface area (TPSA) is 54.4 Å². The van der Waals surface area contributed by atoms with Crippen molar-refractivity contribution >= 4 is 49.5 Å². The van der Waals surface area contributed by atoms with Crippen molar-refractivity contribution in [2.45, 2.75) is 78.6 Å². The maximum absolute atomic E-state index is 12.6. The molecule has 4 saturated carbocycles. The summed E-state index contributed by atoms with van der Waals surface area (Å²) < 4.78 is 0. The summed E-state index contributed by atoms with van der Waals surface area (Å²) in [6.45, 7) is 6.54. The molecular weight excluding hydrogens is 328 g/mol. The quantitative estimate of drug-likeness (QED) is 0.719. The summed E-state index contributed by atoms with van der Waals surface area (Å²) in [5, 5.41) is 9.91. The van der Waals surface area contributed by atoms with Gasteiger partial charge in [0.05, 0.1) is 5.41 Å². The molecule has 3 nitrogen and oxygen atoms in total. The first kappa shape index (κ1) is 19.2. The van der Waals surface area contributed by atoms with Gasteiger partial charge in [-0.25, -0.2) is 0 Å². The smallest absolute Gasteiger partial charge is 0.481 e. The summed E-state index contributed by atoms with van der Waals surface area (Å²) in [6, 6.07) is 0. The Morgan fingerprint density at radius 1 is 1.04 bits per heavy atom. The van der Waals surface area contributed by atoms with Crippen LogP contribution in [-0.4, -0.2) is 54.6 Å². The van der Waals surface area contributed by atoms with E-state index in [-0.39, 0.29) is 59.9 Å². The number of carboxylic acid groups (broad SMARTS) is 1. The maximum atomic E-state index is 12.6. The molecule has 0 aromatic heterocycles. The van der Waals surface area contributed by atoms with Gasteiger partial charge in [0.25, 0.3) is 0 Å². The zero-order chi connectivity index (χ0) is 16.7. The minimum atomic E-state index is -0.604. The predicted octanol–water partition coefficient (Wildman–Crippen LogP) is 4.06. The van der Waals surface area contributed by atoms with Crippen LogP contribution in [0.4, 0.5) is 0 Å². The van der Waals surface area contributed by atoms with Crippen LogP contribution < -0.4 is 0 Å². The molecule has 1 N–H and O–H groups in total. The summed E-state index contributed by atoms with van der Waals surface area (Å²) in [5.74, 6) is 0.704. The van der Waals surface area contributed by atoms with Crippen LogP contribution in [0.3, 0.4) is 0 Å². The van der Waals surface area contributed by atoms with Crippen molar-refractivity contribution in [3.63, 3.8) is 0 Å². The zero-order valence-corrected chi connectivity index (χ0v) is 17.7. The van der Waals surface area contributed by atoms with Crippen molar-refractivity contribution in [3.05, 3.63) is 0 Å². The van der Waals surface area contributed by atoms with Crippen LogP contribution in [0.5, 0.6) is 0 Å².